The maximum absolute atomic E-state index is 14.7. The Morgan fingerprint density at radius 1 is 0.863 bits per heavy atom. The first-order chi connectivity index (χ1) is 24.3. The van der Waals surface area contributed by atoms with Crippen molar-refractivity contribution < 1.29 is 45.5 Å². The molecule has 0 aliphatic carbocycles. The number of methoxy groups -OCH3 is 1. The number of carbonyl (C=O) groups is 3. The van der Waals surface area contributed by atoms with E-state index in [4.69, 9.17) is 4.74 Å². The zero-order valence-corrected chi connectivity index (χ0v) is 26.7. The number of carbonyl (C=O) groups excluding carboxylic acids is 3. The van der Waals surface area contributed by atoms with Crippen molar-refractivity contribution in [3.8, 4) is 11.4 Å². The molecule has 0 saturated carbocycles. The third kappa shape index (κ3) is 6.02. The average Bonchev–Trinajstić information content (AvgIpc) is 3.85. The minimum Gasteiger partial charge on any atom is -0.497 e. The number of rotatable bonds is 7. The molecule has 3 amide bonds. The van der Waals surface area contributed by atoms with Crippen LogP contribution in [0, 0.1) is 0 Å². The van der Waals surface area contributed by atoms with Gasteiger partial charge in [0.2, 0.25) is 0 Å². The molecule has 2 aliphatic heterocycles. The Bertz CT molecular complexity index is 2210. The molecule has 262 valence electrons. The first-order valence-corrected chi connectivity index (χ1v) is 15.7. The van der Waals surface area contributed by atoms with Gasteiger partial charge in [-0.1, -0.05) is 24.3 Å². The molecule has 51 heavy (non-hydrogen) atoms. The lowest BCUT2D eigenvalue weighted by molar-refractivity contribution is -0.143. The Balaban J connectivity index is 1.24. The van der Waals surface area contributed by atoms with Crippen LogP contribution in [0.25, 0.3) is 16.5 Å². The second-order valence-corrected chi connectivity index (χ2v) is 12.1. The molecule has 0 unspecified atom stereocenters. The molecule has 7 rings (SSSR count). The van der Waals surface area contributed by atoms with Crippen LogP contribution in [0.5, 0.6) is 5.75 Å². The minimum absolute atomic E-state index is 0.0785. The number of halogens is 6. The fraction of sp³-hybridized carbons (Fsp3) is 0.222. The smallest absolute Gasteiger partial charge is 0.434 e. The topological polar surface area (TPSA) is 96.8 Å². The van der Waals surface area contributed by atoms with E-state index in [0.29, 0.717) is 59.7 Å². The Morgan fingerprint density at radius 3 is 2.24 bits per heavy atom. The van der Waals surface area contributed by atoms with Gasteiger partial charge in [0.15, 0.2) is 5.69 Å². The van der Waals surface area contributed by atoms with Gasteiger partial charge in [-0.25, -0.2) is 4.68 Å². The highest BCUT2D eigenvalue weighted by molar-refractivity contribution is 6.26. The van der Waals surface area contributed by atoms with E-state index in [9.17, 15) is 40.7 Å². The molecule has 0 spiro atoms. The van der Waals surface area contributed by atoms with E-state index in [1.54, 1.807) is 30.3 Å². The number of ether oxygens (including phenoxy) is 1. The van der Waals surface area contributed by atoms with Gasteiger partial charge in [0.05, 0.1) is 47.9 Å². The highest BCUT2D eigenvalue weighted by Crippen LogP contribution is 2.43. The highest BCUT2D eigenvalue weighted by atomic mass is 19.4. The molecule has 1 aromatic heterocycles. The number of hydrogen-bond donors (Lipinski definition) is 1. The lowest BCUT2D eigenvalue weighted by Crippen LogP contribution is -2.30. The fourth-order valence-electron chi connectivity index (χ4n) is 6.59. The van der Waals surface area contributed by atoms with Crippen molar-refractivity contribution in [1.29, 1.82) is 0 Å². The zero-order valence-electron chi connectivity index (χ0n) is 26.7. The maximum Gasteiger partial charge on any atom is 0.434 e. The van der Waals surface area contributed by atoms with Crippen LogP contribution in [0.3, 0.4) is 0 Å². The first kappa shape index (κ1) is 33.6. The quantitative estimate of drug-likeness (QED) is 0.175. The van der Waals surface area contributed by atoms with Gasteiger partial charge in [-0.05, 0) is 66.9 Å². The highest BCUT2D eigenvalue weighted by Gasteiger charge is 2.42. The molecule has 3 heterocycles. The standard InChI is InChI=1S/C36H27F6N5O4/c1-51-22-10-7-20(8-11-22)19-46-29-14-13-28(24-5-4-6-25(30(24)29)34(46)50)47-31(36(40,41)42)26(18-43-47)32(48)44-21-9-12-23(27(17-21)35(37,38)39)33(49)45-15-2-3-16-45/h4-14,17-18H,2-3,15-16,19H2,1H3,(H,44,48). The number of alkyl halides is 6. The molecule has 1 saturated heterocycles. The van der Waals surface area contributed by atoms with E-state index in [-0.39, 0.29) is 29.1 Å². The first-order valence-electron chi connectivity index (χ1n) is 15.7. The van der Waals surface area contributed by atoms with Crippen molar-refractivity contribution in [1.82, 2.24) is 14.7 Å². The van der Waals surface area contributed by atoms with E-state index in [1.807, 2.05) is 0 Å². The molecule has 4 aromatic carbocycles. The molecule has 5 aromatic rings. The number of aromatic nitrogens is 2. The van der Waals surface area contributed by atoms with Crippen LogP contribution in [-0.2, 0) is 18.9 Å². The van der Waals surface area contributed by atoms with Crippen molar-refractivity contribution >= 4 is 39.9 Å². The van der Waals surface area contributed by atoms with Crippen LogP contribution in [0.1, 0.15) is 60.7 Å². The lowest BCUT2D eigenvalue weighted by atomic mass is 10.0. The normalized spacial score (nSPS) is 14.5. The second kappa shape index (κ2) is 12.5. The van der Waals surface area contributed by atoms with Crippen molar-refractivity contribution in [2.24, 2.45) is 0 Å². The van der Waals surface area contributed by atoms with Crippen LogP contribution in [0.4, 0.5) is 37.7 Å². The third-order valence-electron chi connectivity index (χ3n) is 8.98. The predicted molar refractivity (Wildman–Crippen MR) is 174 cm³/mol. The molecule has 9 nitrogen and oxygen atoms in total. The number of hydrogen-bond acceptors (Lipinski definition) is 5. The van der Waals surface area contributed by atoms with Crippen LogP contribution in [0.2, 0.25) is 0 Å². The molecular weight excluding hydrogens is 680 g/mol. The predicted octanol–water partition coefficient (Wildman–Crippen LogP) is 7.72. The monoisotopic (exact) mass is 707 g/mol. The van der Waals surface area contributed by atoms with Crippen molar-refractivity contribution in [3.63, 3.8) is 0 Å². The van der Waals surface area contributed by atoms with Crippen LogP contribution in [0.15, 0.2) is 79.0 Å². The number of nitrogens with one attached hydrogen (secondary N) is 1. The summed E-state index contributed by atoms with van der Waals surface area (Å²) in [5.74, 6) is -1.92. The molecule has 0 atom stereocenters. The Hall–Kier alpha value is -5.86. The van der Waals surface area contributed by atoms with Crippen LogP contribution in [-0.4, -0.2) is 52.6 Å². The summed E-state index contributed by atoms with van der Waals surface area (Å²) in [6.45, 7) is 0.780. The van der Waals surface area contributed by atoms with Crippen molar-refractivity contribution in [2.75, 3.05) is 30.4 Å². The Kier molecular flexibility index (Phi) is 8.23. The molecule has 1 fully saturated rings. The molecule has 0 radical (unpaired) electrons. The number of benzene rings is 4. The molecule has 0 bridgehead atoms. The van der Waals surface area contributed by atoms with Crippen LogP contribution >= 0.6 is 0 Å². The van der Waals surface area contributed by atoms with Crippen molar-refractivity contribution in [2.45, 2.75) is 31.7 Å². The number of anilines is 2. The summed E-state index contributed by atoms with van der Waals surface area (Å²) in [7, 11) is 1.53. The summed E-state index contributed by atoms with van der Waals surface area (Å²) in [4.78, 5) is 42.4. The summed E-state index contributed by atoms with van der Waals surface area (Å²) >= 11 is 0. The summed E-state index contributed by atoms with van der Waals surface area (Å²) in [6.07, 6.45) is -8.16. The summed E-state index contributed by atoms with van der Waals surface area (Å²) in [5, 5.41) is 6.66. The van der Waals surface area contributed by atoms with E-state index in [1.165, 1.54) is 41.2 Å². The number of nitrogens with zero attached hydrogens (tertiary/aromatic N) is 4. The number of amides is 3. The Labute approximate surface area is 286 Å². The summed E-state index contributed by atoms with van der Waals surface area (Å²) in [6, 6.07) is 17.0. The van der Waals surface area contributed by atoms with Crippen LogP contribution < -0.4 is 15.0 Å². The lowest BCUT2D eigenvalue weighted by Gasteiger charge is -2.20. The van der Waals surface area contributed by atoms with E-state index < -0.39 is 52.2 Å². The van der Waals surface area contributed by atoms with E-state index in [0.717, 1.165) is 17.7 Å². The van der Waals surface area contributed by atoms with Gasteiger partial charge < -0.3 is 19.9 Å². The summed E-state index contributed by atoms with van der Waals surface area (Å²) in [5.41, 5.74) is -3.40. The van der Waals surface area contributed by atoms with Gasteiger partial charge in [0, 0.05) is 35.1 Å². The van der Waals surface area contributed by atoms with Gasteiger partial charge in [0.1, 0.15) is 5.75 Å². The number of likely N-dealkylation sites (tertiary alicyclic amines) is 1. The van der Waals surface area contributed by atoms with E-state index in [2.05, 4.69) is 10.4 Å². The maximum atomic E-state index is 14.7. The van der Waals surface area contributed by atoms with E-state index >= 15 is 0 Å². The minimum atomic E-state index is -5.15. The summed E-state index contributed by atoms with van der Waals surface area (Å²) < 4.78 is 92.0. The fourth-order valence-corrected chi connectivity index (χ4v) is 6.59. The second-order valence-electron chi connectivity index (χ2n) is 12.1. The average molecular weight is 708 g/mol. The molecule has 1 N–H and O–H groups in total. The SMILES string of the molecule is COc1ccc(CN2C(=O)c3cccc4c(-n5ncc(C(=O)Nc6ccc(C(=O)N7CCCC7)c(C(F)(F)F)c6)c5C(F)(F)F)ccc2c34)cc1. The molecule has 2 aliphatic rings. The van der Waals surface area contributed by atoms with Gasteiger partial charge in [-0.3, -0.25) is 14.4 Å². The van der Waals surface area contributed by atoms with Gasteiger partial charge in [-0.15, -0.1) is 0 Å². The molecule has 15 heteroatoms. The Morgan fingerprint density at radius 2 is 1.57 bits per heavy atom. The molecular formula is C36H27F6N5O4. The van der Waals surface area contributed by atoms with Gasteiger partial charge in [-0.2, -0.15) is 31.4 Å². The van der Waals surface area contributed by atoms with Gasteiger partial charge in [0.25, 0.3) is 17.7 Å². The third-order valence-corrected chi connectivity index (χ3v) is 8.98. The van der Waals surface area contributed by atoms with Crippen molar-refractivity contribution in [3.05, 3.63) is 113 Å². The largest absolute Gasteiger partial charge is 0.497 e. The zero-order chi connectivity index (χ0) is 36.2. The van der Waals surface area contributed by atoms with Gasteiger partial charge >= 0.3 is 12.4 Å².